The average Bonchev–Trinajstić information content (AvgIpc) is 3.34. The molecule has 1 aliphatic heterocycles. The molecule has 0 radical (unpaired) electrons. The van der Waals surface area contributed by atoms with Crippen LogP contribution in [0.1, 0.15) is 32.8 Å². The second-order valence-corrected chi connectivity index (χ2v) is 9.38. The molecule has 1 aliphatic rings. The Morgan fingerprint density at radius 2 is 1.85 bits per heavy atom. The first-order chi connectivity index (χ1) is 16.3. The van der Waals surface area contributed by atoms with Crippen LogP contribution in [0, 0.1) is 17.2 Å². The van der Waals surface area contributed by atoms with E-state index in [1.165, 1.54) is 6.20 Å². The number of benzene rings is 1. The van der Waals surface area contributed by atoms with Gasteiger partial charge in [-0.25, -0.2) is 9.97 Å². The fraction of sp³-hybridized carbons (Fsp3) is 0.400. The van der Waals surface area contributed by atoms with E-state index in [1.807, 2.05) is 13.8 Å². The van der Waals surface area contributed by atoms with Crippen LogP contribution >= 0.6 is 23.2 Å². The van der Waals surface area contributed by atoms with Crippen molar-refractivity contribution >= 4 is 46.3 Å². The van der Waals surface area contributed by atoms with Crippen molar-refractivity contribution < 1.29 is 4.79 Å². The molecule has 1 saturated heterocycles. The van der Waals surface area contributed by atoms with E-state index in [0.29, 0.717) is 38.4 Å². The molecule has 1 aromatic carbocycles. The normalized spacial score (nSPS) is 15.4. The highest BCUT2D eigenvalue weighted by molar-refractivity contribution is 6.42. The maximum absolute atomic E-state index is 9.50. The van der Waals surface area contributed by atoms with Gasteiger partial charge in [-0.1, -0.05) is 44.0 Å². The van der Waals surface area contributed by atoms with E-state index in [1.54, 1.807) is 24.4 Å². The molecule has 1 atom stereocenters. The molecule has 0 bridgehead atoms. The van der Waals surface area contributed by atoms with Crippen LogP contribution in [0.15, 0.2) is 30.6 Å². The summed E-state index contributed by atoms with van der Waals surface area (Å²) < 4.78 is 0. The molecule has 2 aromatic heterocycles. The standard InChI is InChI=1S/C21H20Cl2N6.C4H8O/c1-3-28(2)15-4-5-29(12-15)21-20(14-6-13(9-24)10-25-11-14)26-18-7-16(22)17(23)8-19(18)27-21;1-4(2)3-5/h6-8,10-11,15H,3-5,12H2,1-2H3;3-4H,1-2H3. The number of hydrogen-bond acceptors (Lipinski definition) is 7. The molecule has 1 unspecified atom stereocenters. The third kappa shape index (κ3) is 6.01. The lowest BCUT2D eigenvalue weighted by Crippen LogP contribution is -2.34. The lowest BCUT2D eigenvalue weighted by Gasteiger charge is -2.24. The number of fused-ring (bicyclic) bond motifs is 1. The van der Waals surface area contributed by atoms with Gasteiger partial charge in [0.25, 0.3) is 0 Å². The average molecular weight is 499 g/mol. The van der Waals surface area contributed by atoms with Gasteiger partial charge in [-0.3, -0.25) is 4.98 Å². The predicted octanol–water partition coefficient (Wildman–Crippen LogP) is 5.24. The van der Waals surface area contributed by atoms with Crippen molar-refractivity contribution in [3.63, 3.8) is 0 Å². The molecule has 3 aromatic rings. The third-order valence-electron chi connectivity index (χ3n) is 5.69. The Labute approximate surface area is 210 Å². The number of rotatable bonds is 5. The number of aromatic nitrogens is 3. The van der Waals surface area contributed by atoms with E-state index in [0.717, 1.165) is 43.7 Å². The van der Waals surface area contributed by atoms with Crippen molar-refractivity contribution in [2.75, 3.05) is 31.6 Å². The summed E-state index contributed by atoms with van der Waals surface area (Å²) in [6, 6.07) is 7.85. The zero-order valence-electron chi connectivity index (χ0n) is 19.8. The Morgan fingerprint density at radius 1 is 1.21 bits per heavy atom. The Balaban J connectivity index is 0.000000588. The number of carbonyl (C=O) groups is 1. The molecule has 1 fully saturated rings. The lowest BCUT2D eigenvalue weighted by atomic mass is 10.1. The van der Waals surface area contributed by atoms with Gasteiger partial charge in [0.15, 0.2) is 5.82 Å². The van der Waals surface area contributed by atoms with Crippen molar-refractivity contribution in [2.45, 2.75) is 33.2 Å². The van der Waals surface area contributed by atoms with Crippen molar-refractivity contribution in [2.24, 2.45) is 5.92 Å². The van der Waals surface area contributed by atoms with Crippen molar-refractivity contribution in [3.05, 3.63) is 46.2 Å². The molecule has 0 aliphatic carbocycles. The molecular formula is C25H28Cl2N6O. The first-order valence-electron chi connectivity index (χ1n) is 11.2. The Bertz CT molecular complexity index is 1210. The SMILES string of the molecule is CC(C)C=O.CCN(C)C1CCN(c2nc3cc(Cl)c(Cl)cc3nc2-c2cncc(C#N)c2)C1. The highest BCUT2D eigenvalue weighted by Gasteiger charge is 2.28. The molecule has 3 heterocycles. The van der Waals surface area contributed by atoms with Crippen molar-refractivity contribution in [1.82, 2.24) is 19.9 Å². The maximum Gasteiger partial charge on any atom is 0.156 e. The molecule has 7 nitrogen and oxygen atoms in total. The van der Waals surface area contributed by atoms with E-state index in [4.69, 9.17) is 33.2 Å². The minimum absolute atomic E-state index is 0.204. The molecule has 178 valence electrons. The number of carbonyl (C=O) groups excluding carboxylic acids is 1. The number of pyridine rings is 1. The fourth-order valence-electron chi connectivity index (χ4n) is 3.64. The second kappa shape index (κ2) is 11.6. The van der Waals surface area contributed by atoms with E-state index in [9.17, 15) is 10.1 Å². The van der Waals surface area contributed by atoms with Gasteiger partial charge >= 0.3 is 0 Å². The summed E-state index contributed by atoms with van der Waals surface area (Å²) >= 11 is 12.4. The summed E-state index contributed by atoms with van der Waals surface area (Å²) in [5.74, 6) is 0.981. The quantitative estimate of drug-likeness (QED) is 0.444. The van der Waals surface area contributed by atoms with Crippen molar-refractivity contribution in [3.8, 4) is 17.3 Å². The topological polar surface area (TPSA) is 86.0 Å². The first-order valence-corrected chi connectivity index (χ1v) is 12.0. The van der Waals surface area contributed by atoms with E-state index < -0.39 is 0 Å². The molecule has 0 N–H and O–H groups in total. The van der Waals surface area contributed by atoms with Crippen molar-refractivity contribution in [1.29, 1.82) is 5.26 Å². The summed E-state index contributed by atoms with van der Waals surface area (Å²) in [6.45, 7) is 8.62. The zero-order valence-corrected chi connectivity index (χ0v) is 21.3. The maximum atomic E-state index is 9.50. The monoisotopic (exact) mass is 498 g/mol. The van der Waals surface area contributed by atoms with Crippen LogP contribution in [0.25, 0.3) is 22.3 Å². The Morgan fingerprint density at radius 3 is 2.44 bits per heavy atom. The van der Waals surface area contributed by atoms with Gasteiger partial charge in [0.05, 0.1) is 26.6 Å². The number of anilines is 1. The molecule has 34 heavy (non-hydrogen) atoms. The zero-order chi connectivity index (χ0) is 24.8. The number of nitrogens with zero attached hydrogens (tertiary/aromatic N) is 6. The van der Waals surface area contributed by atoms with Gasteiger partial charge in [-0.05, 0) is 38.2 Å². The summed E-state index contributed by atoms with van der Waals surface area (Å²) in [5.41, 5.74) is 3.28. The number of nitriles is 1. The van der Waals surface area contributed by atoms with Crippen LogP contribution in [0.3, 0.4) is 0 Å². The summed E-state index contributed by atoms with van der Waals surface area (Å²) in [7, 11) is 2.14. The number of halogens is 2. The molecule has 4 rings (SSSR count). The van der Waals surface area contributed by atoms with Crippen LogP contribution in [0.2, 0.25) is 10.0 Å². The van der Waals surface area contributed by atoms with E-state index >= 15 is 0 Å². The van der Waals surface area contributed by atoms with Crippen LogP contribution < -0.4 is 4.90 Å². The van der Waals surface area contributed by atoms with Gasteiger partial charge in [-0.15, -0.1) is 0 Å². The van der Waals surface area contributed by atoms with Crippen LogP contribution in [0.4, 0.5) is 5.82 Å². The molecule has 0 amide bonds. The Kier molecular flexibility index (Phi) is 8.78. The minimum atomic E-state index is 0.204. The predicted molar refractivity (Wildman–Crippen MR) is 137 cm³/mol. The summed E-state index contributed by atoms with van der Waals surface area (Å²) in [5, 5.41) is 10.2. The molecule has 0 saturated carbocycles. The minimum Gasteiger partial charge on any atom is -0.353 e. The summed E-state index contributed by atoms with van der Waals surface area (Å²) in [6.07, 6.45) is 5.22. The number of aldehydes is 1. The third-order valence-corrected chi connectivity index (χ3v) is 6.41. The highest BCUT2D eigenvalue weighted by Crippen LogP contribution is 2.34. The van der Waals surface area contributed by atoms with Gasteiger partial charge in [0.2, 0.25) is 0 Å². The van der Waals surface area contributed by atoms with Gasteiger partial charge in [0.1, 0.15) is 18.0 Å². The number of hydrogen-bond donors (Lipinski definition) is 0. The van der Waals surface area contributed by atoms with Crippen LogP contribution in [-0.4, -0.2) is 58.9 Å². The molecule has 9 heteroatoms. The van der Waals surface area contributed by atoms with Gasteiger partial charge in [-0.2, -0.15) is 5.26 Å². The summed E-state index contributed by atoms with van der Waals surface area (Å²) in [4.78, 5) is 28.1. The smallest absolute Gasteiger partial charge is 0.156 e. The largest absolute Gasteiger partial charge is 0.353 e. The highest BCUT2D eigenvalue weighted by atomic mass is 35.5. The number of likely N-dealkylation sites (N-methyl/N-ethyl adjacent to an activating group) is 1. The first kappa shape index (κ1) is 25.8. The van der Waals surface area contributed by atoms with E-state index in [-0.39, 0.29) is 5.92 Å². The fourth-order valence-corrected chi connectivity index (χ4v) is 3.96. The van der Waals surface area contributed by atoms with Gasteiger partial charge < -0.3 is 14.6 Å². The molecule has 0 spiro atoms. The Hall–Kier alpha value is -2.79. The van der Waals surface area contributed by atoms with Gasteiger partial charge in [0, 0.05) is 43.0 Å². The molecular weight excluding hydrogens is 471 g/mol. The van der Waals surface area contributed by atoms with Crippen LogP contribution in [0.5, 0.6) is 0 Å². The van der Waals surface area contributed by atoms with E-state index in [2.05, 4.69) is 34.8 Å². The van der Waals surface area contributed by atoms with Crippen LogP contribution in [-0.2, 0) is 4.79 Å². The lowest BCUT2D eigenvalue weighted by molar-refractivity contribution is -0.110. The second-order valence-electron chi connectivity index (χ2n) is 8.57.